The van der Waals surface area contributed by atoms with Crippen LogP contribution in [-0.2, 0) is 46.4 Å². The third-order valence-corrected chi connectivity index (χ3v) is 9.92. The molecule has 2 aromatic rings. The van der Waals surface area contributed by atoms with Crippen LogP contribution in [0.2, 0.25) is 0 Å². The van der Waals surface area contributed by atoms with Gasteiger partial charge in [0.1, 0.15) is 36.0 Å². The zero-order chi connectivity index (χ0) is 45.8. The normalized spacial score (nSPS) is 15.7. The molecular weight excluding hydrogens is 807 g/mol. The van der Waals surface area contributed by atoms with E-state index in [0.29, 0.717) is 24.0 Å². The zero-order valence-electron chi connectivity index (χ0n) is 34.4. The second-order valence-corrected chi connectivity index (χ2v) is 14.8. The number of rotatable bonds is 25. The summed E-state index contributed by atoms with van der Waals surface area (Å²) in [5, 5.41) is 30.0. The summed E-state index contributed by atoms with van der Waals surface area (Å²) in [6.45, 7) is 0.405. The number of primary amides is 1. The number of benzene rings is 2. The molecule has 0 spiro atoms. The molecule has 0 saturated carbocycles. The van der Waals surface area contributed by atoms with Crippen molar-refractivity contribution in [3.63, 3.8) is 0 Å². The number of aliphatic imine (C=N–C) groups is 2. The number of nitrogens with zero attached hydrogens (tertiary/aromatic N) is 3. The molecule has 0 aliphatic carbocycles. The summed E-state index contributed by atoms with van der Waals surface area (Å²) in [6.07, 6.45) is 0.599. The number of carboxylic acids is 1. The van der Waals surface area contributed by atoms with Gasteiger partial charge in [-0.05, 0) is 68.2 Å². The molecule has 22 heteroatoms. The predicted octanol–water partition coefficient (Wildman–Crippen LogP) is -3.11. The van der Waals surface area contributed by atoms with Gasteiger partial charge in [0.25, 0.3) is 0 Å². The van der Waals surface area contributed by atoms with Crippen LogP contribution in [0.3, 0.4) is 0 Å². The third kappa shape index (κ3) is 17.0. The Kier molecular flexibility index (Phi) is 19.9. The largest absolute Gasteiger partial charge is 0.508 e. The number of aliphatic carboxylic acids is 1. The lowest BCUT2D eigenvalue weighted by Gasteiger charge is -2.31. The molecule has 338 valence electrons. The Balaban J connectivity index is 1.86. The Morgan fingerprint density at radius 1 is 0.677 bits per heavy atom. The highest BCUT2D eigenvalue weighted by molar-refractivity contribution is 5.97. The molecule has 3 rings (SSSR count). The molecule has 62 heavy (non-hydrogen) atoms. The maximum Gasteiger partial charge on any atom is 0.326 e. The average molecular weight is 866 g/mol. The van der Waals surface area contributed by atoms with E-state index in [1.165, 1.54) is 29.2 Å². The number of hydrogen-bond acceptors (Lipinski definition) is 11. The van der Waals surface area contributed by atoms with Crippen LogP contribution in [0.25, 0.3) is 0 Å². The molecule has 1 heterocycles. The van der Waals surface area contributed by atoms with Crippen molar-refractivity contribution < 1.29 is 43.8 Å². The van der Waals surface area contributed by atoms with Gasteiger partial charge in [0, 0.05) is 38.9 Å². The topological polar surface area (TPSA) is 392 Å². The summed E-state index contributed by atoms with van der Waals surface area (Å²) in [5.41, 5.74) is 34.3. The molecule has 22 nitrogen and oxygen atoms in total. The molecule has 0 unspecified atom stereocenters. The lowest BCUT2D eigenvalue weighted by atomic mass is 10.0. The van der Waals surface area contributed by atoms with Gasteiger partial charge in [-0.1, -0.05) is 42.5 Å². The van der Waals surface area contributed by atoms with Crippen molar-refractivity contribution >= 4 is 53.3 Å². The summed E-state index contributed by atoms with van der Waals surface area (Å²) < 4.78 is 0. The van der Waals surface area contributed by atoms with Crippen molar-refractivity contribution in [2.45, 2.75) is 100 Å². The Labute approximate surface area is 358 Å². The second kappa shape index (κ2) is 25.0. The Hall–Kier alpha value is -6.97. The fourth-order valence-corrected chi connectivity index (χ4v) is 6.69. The molecule has 0 radical (unpaired) electrons. The van der Waals surface area contributed by atoms with Gasteiger partial charge in [-0.15, -0.1) is 0 Å². The first-order valence-corrected chi connectivity index (χ1v) is 20.2. The molecule has 1 aliphatic heterocycles. The number of phenols is 1. The number of nitrogens with one attached hydrogen (secondary N) is 4. The van der Waals surface area contributed by atoms with Crippen LogP contribution in [-0.4, -0.2) is 124 Å². The van der Waals surface area contributed by atoms with E-state index in [1.807, 2.05) is 0 Å². The van der Waals surface area contributed by atoms with Gasteiger partial charge < -0.3 is 70.8 Å². The number of hydrogen-bond donors (Lipinski definition) is 12. The fraction of sp³-hybridized carbons (Fsp3) is 0.475. The molecular formula is C40H59N13O9. The van der Waals surface area contributed by atoms with Gasteiger partial charge in [-0.3, -0.25) is 38.8 Å². The fourth-order valence-electron chi connectivity index (χ4n) is 6.69. The van der Waals surface area contributed by atoms with Gasteiger partial charge in [-0.25, -0.2) is 4.79 Å². The van der Waals surface area contributed by atoms with Crippen LogP contribution in [0.4, 0.5) is 0 Å². The van der Waals surface area contributed by atoms with Crippen molar-refractivity contribution in [3.05, 3.63) is 65.7 Å². The smallest absolute Gasteiger partial charge is 0.326 e. The monoisotopic (exact) mass is 865 g/mol. The van der Waals surface area contributed by atoms with Crippen LogP contribution >= 0.6 is 0 Å². The summed E-state index contributed by atoms with van der Waals surface area (Å²) in [4.78, 5) is 102. The van der Waals surface area contributed by atoms with Gasteiger partial charge in [0.2, 0.25) is 35.4 Å². The van der Waals surface area contributed by atoms with E-state index in [1.54, 1.807) is 30.3 Å². The first kappa shape index (κ1) is 49.4. The van der Waals surface area contributed by atoms with Crippen molar-refractivity contribution in [2.24, 2.45) is 44.4 Å². The second-order valence-electron chi connectivity index (χ2n) is 14.8. The number of guanidine groups is 2. The van der Waals surface area contributed by atoms with Crippen molar-refractivity contribution in [1.29, 1.82) is 0 Å². The van der Waals surface area contributed by atoms with Crippen LogP contribution in [0.5, 0.6) is 5.75 Å². The zero-order valence-corrected chi connectivity index (χ0v) is 34.4. The summed E-state index contributed by atoms with van der Waals surface area (Å²) in [6, 6.07) is 7.13. The molecule has 1 saturated heterocycles. The van der Waals surface area contributed by atoms with E-state index < -0.39 is 77.7 Å². The summed E-state index contributed by atoms with van der Waals surface area (Å²) in [5.74, 6) is -6.09. The predicted molar refractivity (Wildman–Crippen MR) is 228 cm³/mol. The highest BCUT2D eigenvalue weighted by Crippen LogP contribution is 2.21. The van der Waals surface area contributed by atoms with E-state index in [-0.39, 0.29) is 88.7 Å². The minimum atomic E-state index is -1.36. The highest BCUT2D eigenvalue weighted by Gasteiger charge is 2.40. The van der Waals surface area contributed by atoms with Gasteiger partial charge in [0.15, 0.2) is 11.9 Å². The van der Waals surface area contributed by atoms with E-state index in [4.69, 9.17) is 34.4 Å². The van der Waals surface area contributed by atoms with Crippen LogP contribution in [0.1, 0.15) is 62.5 Å². The third-order valence-electron chi connectivity index (χ3n) is 9.92. The molecule has 2 aromatic carbocycles. The minimum Gasteiger partial charge on any atom is -0.508 e. The molecule has 18 N–H and O–H groups in total. The molecule has 1 aliphatic rings. The average Bonchev–Trinajstić information content (AvgIpc) is 3.72. The quantitative estimate of drug-likeness (QED) is 0.0267. The molecule has 6 atom stereocenters. The number of carboxylic acid groups (broad SMARTS) is 1. The van der Waals surface area contributed by atoms with Crippen molar-refractivity contribution in [3.8, 4) is 5.75 Å². The molecule has 6 amide bonds. The summed E-state index contributed by atoms with van der Waals surface area (Å²) >= 11 is 0. The molecule has 1 fully saturated rings. The van der Waals surface area contributed by atoms with Gasteiger partial charge in [-0.2, -0.15) is 0 Å². The van der Waals surface area contributed by atoms with E-state index in [9.17, 15) is 43.8 Å². The summed E-state index contributed by atoms with van der Waals surface area (Å²) in [7, 11) is 0. The first-order chi connectivity index (χ1) is 29.4. The van der Waals surface area contributed by atoms with Gasteiger partial charge in [0.05, 0.1) is 6.04 Å². The van der Waals surface area contributed by atoms with E-state index in [0.717, 1.165) is 0 Å². The van der Waals surface area contributed by atoms with Crippen molar-refractivity contribution in [2.75, 3.05) is 19.6 Å². The van der Waals surface area contributed by atoms with Crippen LogP contribution < -0.4 is 55.7 Å². The highest BCUT2D eigenvalue weighted by atomic mass is 16.4. The van der Waals surface area contributed by atoms with E-state index in [2.05, 4.69) is 31.3 Å². The number of aromatic hydroxyl groups is 1. The minimum absolute atomic E-state index is 0.0100. The Morgan fingerprint density at radius 2 is 1.21 bits per heavy atom. The number of carbonyl (C=O) groups excluding carboxylic acids is 6. The maximum absolute atomic E-state index is 14.4. The van der Waals surface area contributed by atoms with E-state index >= 15 is 0 Å². The lowest BCUT2D eigenvalue weighted by molar-refractivity contribution is -0.145. The van der Waals surface area contributed by atoms with Crippen molar-refractivity contribution in [1.82, 2.24) is 26.2 Å². The number of carbonyl (C=O) groups is 7. The molecule has 0 bridgehead atoms. The van der Waals surface area contributed by atoms with Crippen LogP contribution in [0.15, 0.2) is 64.6 Å². The standard InChI is InChI=1S/C40H59N13O9/c41-26(9-4-18-47-39(43)44)33(56)49-28(16-17-32(42)55)35(58)50-27(10-5-19-48-40(45)46)34(57)51-29(21-23-7-2-1-3-8-23)37(60)53-20-6-11-31(53)36(59)52-30(38(61)62)22-24-12-14-25(54)15-13-24/h1-3,7-8,12-15,26-31,54H,4-6,9-11,16-22,41H2,(H2,42,55)(H,49,56)(H,50,58)(H,51,57)(H,52,59)(H,61,62)(H4,43,44,47)(H4,45,46,48)/t26-,27-,28-,29-,30-,31-/m0/s1. The van der Waals surface area contributed by atoms with Crippen LogP contribution in [0, 0.1) is 0 Å². The SMILES string of the molecule is NC(=O)CC[C@H](NC(=O)[C@@H](N)CCCN=C(N)N)C(=O)N[C@@H](CCCN=C(N)N)C(=O)N[C@@H](Cc1ccccc1)C(=O)N1CCC[C@H]1C(=O)N[C@@H](Cc1ccc(O)cc1)C(=O)O. The number of phenolic OH excluding ortho intramolecular Hbond substituents is 1. The molecule has 0 aromatic heterocycles. The lowest BCUT2D eigenvalue weighted by Crippen LogP contribution is -2.59. The maximum atomic E-state index is 14.4. The number of amides is 6. The number of likely N-dealkylation sites (tertiary alicyclic amines) is 1. The Bertz CT molecular complexity index is 1910. The van der Waals surface area contributed by atoms with Gasteiger partial charge >= 0.3 is 5.97 Å². The first-order valence-electron chi connectivity index (χ1n) is 20.2. The number of nitrogens with two attached hydrogens (primary N) is 6. The Morgan fingerprint density at radius 3 is 1.79 bits per heavy atom.